The van der Waals surface area contributed by atoms with E-state index >= 15 is 0 Å². The molecule has 0 atom stereocenters. The summed E-state index contributed by atoms with van der Waals surface area (Å²) in [6.45, 7) is 3.01. The molecule has 2 heterocycles. The predicted molar refractivity (Wildman–Crippen MR) is 80.2 cm³/mol. The van der Waals surface area contributed by atoms with Crippen molar-refractivity contribution in [1.82, 2.24) is 14.5 Å². The van der Waals surface area contributed by atoms with Crippen LogP contribution in [0.4, 0.5) is 0 Å². The van der Waals surface area contributed by atoms with Gasteiger partial charge in [0.05, 0.1) is 0 Å². The molecule has 0 fully saturated rings. The van der Waals surface area contributed by atoms with E-state index in [9.17, 15) is 0 Å². The molecule has 0 aliphatic rings. The summed E-state index contributed by atoms with van der Waals surface area (Å²) in [4.78, 5) is 9.12. The molecule has 2 aromatic heterocycles. The number of pyridine rings is 1. The second-order valence-electron chi connectivity index (χ2n) is 4.39. The zero-order valence-corrected chi connectivity index (χ0v) is 12.3. The van der Waals surface area contributed by atoms with Crippen LogP contribution in [0.2, 0.25) is 0 Å². The molecule has 0 N–H and O–H groups in total. The van der Waals surface area contributed by atoms with Crippen LogP contribution < -0.4 is 0 Å². The lowest BCUT2D eigenvalue weighted by Gasteiger charge is -2.06. The number of aromatic nitrogens is 3. The number of imidazole rings is 1. The molecule has 96 valence electrons. The highest BCUT2D eigenvalue weighted by Crippen LogP contribution is 2.21. The Morgan fingerprint density at radius 3 is 2.79 bits per heavy atom. The van der Waals surface area contributed by atoms with Gasteiger partial charge in [0, 0.05) is 23.6 Å². The molecule has 3 aromatic rings. The lowest BCUT2D eigenvalue weighted by atomic mass is 10.1. The van der Waals surface area contributed by atoms with Crippen molar-refractivity contribution in [2.75, 3.05) is 0 Å². The largest absolute Gasteiger partial charge is 0.313 e. The Balaban J connectivity index is 2.08. The second-order valence-corrected chi connectivity index (χ2v) is 5.24. The molecule has 3 rings (SSSR count). The van der Waals surface area contributed by atoms with E-state index in [0.29, 0.717) is 0 Å². The van der Waals surface area contributed by atoms with Crippen molar-refractivity contribution in [1.29, 1.82) is 0 Å². The minimum absolute atomic E-state index is 0.811. The van der Waals surface area contributed by atoms with E-state index in [2.05, 4.69) is 50.6 Å². The van der Waals surface area contributed by atoms with Crippen LogP contribution in [0.5, 0.6) is 0 Å². The van der Waals surface area contributed by atoms with E-state index in [0.717, 1.165) is 34.4 Å². The molecule has 1 aromatic carbocycles. The minimum atomic E-state index is 0.811. The number of fused-ring (bicyclic) bond motifs is 1. The fraction of sp³-hybridized carbons (Fsp3) is 0.200. The number of benzene rings is 1. The Bertz CT molecular complexity index is 718. The highest BCUT2D eigenvalue weighted by molar-refractivity contribution is 9.10. The molecule has 0 saturated carbocycles. The molecule has 0 aliphatic carbocycles. The number of rotatable bonds is 3. The fourth-order valence-electron chi connectivity index (χ4n) is 2.28. The third-order valence-corrected chi connectivity index (χ3v) is 3.98. The predicted octanol–water partition coefficient (Wildman–Crippen LogP) is 3.80. The normalized spacial score (nSPS) is 11.1. The third kappa shape index (κ3) is 2.28. The van der Waals surface area contributed by atoms with Crippen molar-refractivity contribution in [3.63, 3.8) is 0 Å². The second kappa shape index (κ2) is 5.13. The number of halogens is 1. The van der Waals surface area contributed by atoms with Gasteiger partial charge < -0.3 is 4.57 Å². The van der Waals surface area contributed by atoms with E-state index in [-0.39, 0.29) is 0 Å². The molecule has 0 unspecified atom stereocenters. The van der Waals surface area contributed by atoms with Gasteiger partial charge in [0.25, 0.3) is 0 Å². The molecular weight excluding hydrogens is 302 g/mol. The number of nitrogens with zero attached hydrogens (tertiary/aromatic N) is 3. The van der Waals surface area contributed by atoms with E-state index in [4.69, 9.17) is 4.98 Å². The van der Waals surface area contributed by atoms with E-state index < -0.39 is 0 Å². The van der Waals surface area contributed by atoms with Gasteiger partial charge in [-0.2, -0.15) is 0 Å². The Hall–Kier alpha value is -1.68. The summed E-state index contributed by atoms with van der Waals surface area (Å²) in [6.07, 6.45) is 2.63. The number of hydrogen-bond donors (Lipinski definition) is 0. The molecule has 19 heavy (non-hydrogen) atoms. The third-order valence-electron chi connectivity index (χ3n) is 3.21. The Morgan fingerprint density at radius 1 is 1.16 bits per heavy atom. The monoisotopic (exact) mass is 315 g/mol. The molecule has 0 bridgehead atoms. The van der Waals surface area contributed by atoms with E-state index in [1.165, 1.54) is 5.56 Å². The lowest BCUT2D eigenvalue weighted by molar-refractivity contribution is 0.726. The minimum Gasteiger partial charge on any atom is -0.313 e. The maximum absolute atomic E-state index is 4.70. The van der Waals surface area contributed by atoms with Gasteiger partial charge >= 0.3 is 0 Å². The van der Waals surface area contributed by atoms with Crippen molar-refractivity contribution < 1.29 is 0 Å². The average Bonchev–Trinajstić information content (AvgIpc) is 2.78. The fourth-order valence-corrected chi connectivity index (χ4v) is 2.71. The highest BCUT2D eigenvalue weighted by atomic mass is 79.9. The van der Waals surface area contributed by atoms with Gasteiger partial charge in [-0.1, -0.05) is 34.1 Å². The number of aryl methyl sites for hydroxylation is 1. The van der Waals surface area contributed by atoms with Crippen LogP contribution in [-0.2, 0) is 13.0 Å². The molecule has 3 nitrogen and oxygen atoms in total. The first-order valence-electron chi connectivity index (χ1n) is 6.33. The zero-order valence-electron chi connectivity index (χ0n) is 10.7. The van der Waals surface area contributed by atoms with Crippen molar-refractivity contribution in [3.8, 4) is 0 Å². The van der Waals surface area contributed by atoms with Crippen LogP contribution in [0, 0.1) is 0 Å². The van der Waals surface area contributed by atoms with Crippen molar-refractivity contribution >= 4 is 27.1 Å². The van der Waals surface area contributed by atoms with Gasteiger partial charge in [0.15, 0.2) is 5.65 Å². The van der Waals surface area contributed by atoms with Gasteiger partial charge in [0.1, 0.15) is 11.3 Å². The first kappa shape index (κ1) is 12.4. The van der Waals surface area contributed by atoms with Crippen LogP contribution >= 0.6 is 15.9 Å². The summed E-state index contributed by atoms with van der Waals surface area (Å²) >= 11 is 3.59. The molecular formula is C15H14BrN3. The average molecular weight is 316 g/mol. The molecule has 0 spiro atoms. The van der Waals surface area contributed by atoms with Gasteiger partial charge in [-0.15, -0.1) is 0 Å². The smallest absolute Gasteiger partial charge is 0.159 e. The Labute approximate surface area is 120 Å². The maximum Gasteiger partial charge on any atom is 0.159 e. The van der Waals surface area contributed by atoms with E-state index in [1.807, 2.05) is 24.4 Å². The van der Waals surface area contributed by atoms with Crippen LogP contribution in [-0.4, -0.2) is 14.5 Å². The lowest BCUT2D eigenvalue weighted by Crippen LogP contribution is -2.03. The van der Waals surface area contributed by atoms with Crippen molar-refractivity contribution in [3.05, 3.63) is 58.5 Å². The topological polar surface area (TPSA) is 30.7 Å². The van der Waals surface area contributed by atoms with Gasteiger partial charge in [-0.05, 0) is 30.7 Å². The first-order chi connectivity index (χ1) is 9.29. The summed E-state index contributed by atoms with van der Waals surface area (Å²) in [5.74, 6) is 1.06. The maximum atomic E-state index is 4.70. The van der Waals surface area contributed by atoms with Crippen LogP contribution in [0.15, 0.2) is 47.1 Å². The Kier molecular flexibility index (Phi) is 3.34. The van der Waals surface area contributed by atoms with Gasteiger partial charge in [-0.3, -0.25) is 0 Å². The molecule has 0 radical (unpaired) electrons. The van der Waals surface area contributed by atoms with Crippen molar-refractivity contribution in [2.24, 2.45) is 0 Å². The van der Waals surface area contributed by atoms with Crippen molar-refractivity contribution in [2.45, 2.75) is 19.9 Å². The quantitative estimate of drug-likeness (QED) is 0.736. The highest BCUT2D eigenvalue weighted by Gasteiger charge is 2.11. The van der Waals surface area contributed by atoms with E-state index in [1.54, 1.807) is 0 Å². The molecule has 0 aliphatic heterocycles. The summed E-state index contributed by atoms with van der Waals surface area (Å²) in [6, 6.07) is 12.2. The summed E-state index contributed by atoms with van der Waals surface area (Å²) in [7, 11) is 0. The summed E-state index contributed by atoms with van der Waals surface area (Å²) in [5.41, 5.74) is 3.17. The van der Waals surface area contributed by atoms with Gasteiger partial charge in [0.2, 0.25) is 0 Å². The molecule has 4 heteroatoms. The summed E-state index contributed by atoms with van der Waals surface area (Å²) in [5, 5.41) is 0. The van der Waals surface area contributed by atoms with Crippen LogP contribution in [0.3, 0.4) is 0 Å². The Morgan fingerprint density at radius 2 is 2.00 bits per heavy atom. The summed E-state index contributed by atoms with van der Waals surface area (Å²) < 4.78 is 3.30. The first-order valence-corrected chi connectivity index (χ1v) is 7.12. The van der Waals surface area contributed by atoms with Gasteiger partial charge in [-0.25, -0.2) is 9.97 Å². The standard InChI is InChI=1S/C15H14BrN3/c1-2-19-14(10-11-6-3-4-7-12(11)16)18-13-8-5-9-17-15(13)19/h3-9H,2,10H2,1H3. The van der Waals surface area contributed by atoms with Crippen LogP contribution in [0.1, 0.15) is 18.3 Å². The van der Waals surface area contributed by atoms with Crippen LogP contribution in [0.25, 0.3) is 11.2 Å². The number of hydrogen-bond acceptors (Lipinski definition) is 2. The zero-order chi connectivity index (χ0) is 13.2. The SMILES string of the molecule is CCn1c(Cc2ccccc2Br)nc2cccnc21. The molecule has 0 saturated heterocycles. The molecule has 0 amide bonds.